The van der Waals surface area contributed by atoms with Gasteiger partial charge in [-0.15, -0.1) is 0 Å². The van der Waals surface area contributed by atoms with Gasteiger partial charge in [-0.05, 0) is 18.6 Å². The smallest absolute Gasteiger partial charge is 0.245 e. The summed E-state index contributed by atoms with van der Waals surface area (Å²) < 4.78 is 0. The fraction of sp³-hybridized carbons (Fsp3) is 0.308. The molecule has 0 bridgehead atoms. The molecular formula is C13H15N3O3. The number of carbonyl (C=O) groups excluding carboxylic acids is 3. The van der Waals surface area contributed by atoms with Crippen molar-refractivity contribution in [3.63, 3.8) is 0 Å². The lowest BCUT2D eigenvalue weighted by atomic mass is 10.2. The number of hydrazine groups is 1. The molecule has 19 heavy (non-hydrogen) atoms. The first-order valence-electron chi connectivity index (χ1n) is 5.97. The molecule has 1 aromatic carbocycles. The molecule has 0 saturated carbocycles. The summed E-state index contributed by atoms with van der Waals surface area (Å²) in [5.41, 5.74) is 4.47. The van der Waals surface area contributed by atoms with Crippen LogP contribution in [0.2, 0.25) is 0 Å². The molecule has 0 aromatic heterocycles. The zero-order chi connectivity index (χ0) is 14.0. The van der Waals surface area contributed by atoms with Gasteiger partial charge in [0.05, 0.1) is 12.1 Å². The highest BCUT2D eigenvalue weighted by Gasteiger charge is 2.29. The highest BCUT2D eigenvalue weighted by Crippen LogP contribution is 2.26. The van der Waals surface area contributed by atoms with E-state index >= 15 is 0 Å². The number of fused-ring (bicyclic) bond motifs is 1. The van der Waals surface area contributed by atoms with Crippen molar-refractivity contribution in [2.24, 2.45) is 0 Å². The van der Waals surface area contributed by atoms with Gasteiger partial charge < -0.3 is 0 Å². The van der Waals surface area contributed by atoms with Crippen molar-refractivity contribution in [3.05, 3.63) is 29.8 Å². The maximum atomic E-state index is 11.9. The number of imide groups is 1. The second-order valence-corrected chi connectivity index (χ2v) is 4.43. The van der Waals surface area contributed by atoms with Gasteiger partial charge in [-0.1, -0.05) is 18.2 Å². The van der Waals surface area contributed by atoms with Gasteiger partial charge in [0.25, 0.3) is 0 Å². The molecule has 1 atom stereocenters. The van der Waals surface area contributed by atoms with Crippen LogP contribution in [0.15, 0.2) is 24.3 Å². The van der Waals surface area contributed by atoms with Gasteiger partial charge in [0.1, 0.15) is 6.04 Å². The van der Waals surface area contributed by atoms with Crippen LogP contribution in [0.3, 0.4) is 0 Å². The van der Waals surface area contributed by atoms with E-state index in [1.807, 2.05) is 24.3 Å². The molecule has 0 saturated heterocycles. The summed E-state index contributed by atoms with van der Waals surface area (Å²) in [6, 6.07) is 6.69. The Balaban J connectivity index is 2.09. The van der Waals surface area contributed by atoms with E-state index in [2.05, 4.69) is 10.7 Å². The Morgan fingerprint density at radius 3 is 2.68 bits per heavy atom. The van der Waals surface area contributed by atoms with Gasteiger partial charge in [0.15, 0.2) is 0 Å². The van der Waals surface area contributed by atoms with Crippen LogP contribution in [0, 0.1) is 0 Å². The molecule has 1 aromatic rings. The molecule has 1 aliphatic rings. The minimum absolute atomic E-state index is 0.122. The van der Waals surface area contributed by atoms with Gasteiger partial charge in [-0.25, -0.2) is 10.4 Å². The lowest BCUT2D eigenvalue weighted by Crippen LogP contribution is -2.52. The van der Waals surface area contributed by atoms with Crippen LogP contribution in [0.5, 0.6) is 0 Å². The molecule has 0 spiro atoms. The van der Waals surface area contributed by atoms with Crippen molar-refractivity contribution in [1.82, 2.24) is 10.7 Å². The second kappa shape index (κ2) is 5.19. The number of amides is 3. The first-order valence-corrected chi connectivity index (χ1v) is 5.97. The highest BCUT2D eigenvalue weighted by atomic mass is 16.2. The molecular weight excluding hydrogens is 246 g/mol. The first-order chi connectivity index (χ1) is 8.99. The van der Waals surface area contributed by atoms with Crippen molar-refractivity contribution >= 4 is 23.4 Å². The minimum atomic E-state index is -0.681. The lowest BCUT2D eigenvalue weighted by molar-refractivity contribution is -0.130. The van der Waals surface area contributed by atoms with Crippen LogP contribution in [-0.4, -0.2) is 23.8 Å². The molecule has 6 heteroatoms. The molecule has 0 fully saturated rings. The number of nitrogens with zero attached hydrogens (tertiary/aromatic N) is 1. The number of para-hydroxylation sites is 1. The molecule has 100 valence electrons. The van der Waals surface area contributed by atoms with Gasteiger partial charge >= 0.3 is 0 Å². The quantitative estimate of drug-likeness (QED) is 0.810. The molecule has 0 radical (unpaired) electrons. The van der Waals surface area contributed by atoms with Crippen molar-refractivity contribution < 1.29 is 14.4 Å². The molecule has 0 aliphatic carbocycles. The Morgan fingerprint density at radius 2 is 2.00 bits per heavy atom. The van der Waals surface area contributed by atoms with E-state index in [0.29, 0.717) is 6.42 Å². The standard InChI is InChI=1S/C13H15N3O3/c1-8(13(19)14-9(2)17)15-16-11-6-4-3-5-10(11)7-12(16)18/h3-6,8,15H,7H2,1-2H3,(H,14,17,19)/t8-/m0/s1. The Bertz CT molecular complexity index is 542. The third-order valence-electron chi connectivity index (χ3n) is 2.84. The summed E-state index contributed by atoms with van der Waals surface area (Å²) in [4.78, 5) is 34.3. The number of anilines is 1. The Morgan fingerprint density at radius 1 is 1.32 bits per heavy atom. The molecule has 0 unspecified atom stereocenters. The maximum absolute atomic E-state index is 11.9. The largest absolute Gasteiger partial charge is 0.295 e. The summed E-state index contributed by atoms with van der Waals surface area (Å²) >= 11 is 0. The predicted molar refractivity (Wildman–Crippen MR) is 69.1 cm³/mol. The van der Waals surface area contributed by atoms with E-state index < -0.39 is 17.9 Å². The third kappa shape index (κ3) is 2.79. The van der Waals surface area contributed by atoms with E-state index in [1.165, 1.54) is 11.9 Å². The number of hydrogen-bond acceptors (Lipinski definition) is 4. The molecule has 3 amide bonds. The zero-order valence-electron chi connectivity index (χ0n) is 10.8. The summed E-state index contributed by atoms with van der Waals surface area (Å²) in [6.07, 6.45) is 0.310. The average Bonchev–Trinajstić information content (AvgIpc) is 2.65. The summed E-state index contributed by atoms with van der Waals surface area (Å²) in [5, 5.41) is 3.54. The SMILES string of the molecule is CC(=O)NC(=O)[C@H](C)NN1C(=O)Cc2ccccc21. The van der Waals surface area contributed by atoms with Gasteiger partial charge in [0.2, 0.25) is 17.7 Å². The molecule has 2 rings (SSSR count). The van der Waals surface area contributed by atoms with Gasteiger partial charge in [-0.3, -0.25) is 19.7 Å². The Hall–Kier alpha value is -2.21. The number of benzene rings is 1. The van der Waals surface area contributed by atoms with E-state index in [4.69, 9.17) is 0 Å². The number of carbonyl (C=O) groups is 3. The molecule has 6 nitrogen and oxygen atoms in total. The second-order valence-electron chi connectivity index (χ2n) is 4.43. The van der Waals surface area contributed by atoms with E-state index in [-0.39, 0.29) is 5.91 Å². The zero-order valence-corrected chi connectivity index (χ0v) is 10.8. The number of nitrogens with one attached hydrogen (secondary N) is 2. The third-order valence-corrected chi connectivity index (χ3v) is 2.84. The van der Waals surface area contributed by atoms with Crippen LogP contribution in [0.1, 0.15) is 19.4 Å². The van der Waals surface area contributed by atoms with Crippen LogP contribution in [0.4, 0.5) is 5.69 Å². The average molecular weight is 261 g/mol. The van der Waals surface area contributed by atoms with E-state index in [1.54, 1.807) is 6.92 Å². The van der Waals surface area contributed by atoms with Crippen LogP contribution >= 0.6 is 0 Å². The van der Waals surface area contributed by atoms with Crippen molar-refractivity contribution in [2.75, 3.05) is 5.01 Å². The predicted octanol–water partition coefficient (Wildman–Crippen LogP) is 0.132. The van der Waals surface area contributed by atoms with Crippen LogP contribution in [-0.2, 0) is 20.8 Å². The van der Waals surface area contributed by atoms with Gasteiger partial charge in [0, 0.05) is 6.92 Å². The maximum Gasteiger partial charge on any atom is 0.245 e. The summed E-state index contributed by atoms with van der Waals surface area (Å²) in [6.45, 7) is 2.85. The minimum Gasteiger partial charge on any atom is -0.295 e. The number of rotatable bonds is 3. The summed E-state index contributed by atoms with van der Waals surface area (Å²) in [7, 11) is 0. The van der Waals surface area contributed by atoms with Crippen molar-refractivity contribution in [3.8, 4) is 0 Å². The van der Waals surface area contributed by atoms with Crippen molar-refractivity contribution in [2.45, 2.75) is 26.3 Å². The monoisotopic (exact) mass is 261 g/mol. The topological polar surface area (TPSA) is 78.5 Å². The molecule has 1 aliphatic heterocycles. The summed E-state index contributed by atoms with van der Waals surface area (Å²) in [5.74, 6) is -1.01. The normalized spacial score (nSPS) is 15.1. The van der Waals surface area contributed by atoms with E-state index in [9.17, 15) is 14.4 Å². The molecule has 2 N–H and O–H groups in total. The van der Waals surface area contributed by atoms with Gasteiger partial charge in [-0.2, -0.15) is 0 Å². The molecule has 1 heterocycles. The Kier molecular flexibility index (Phi) is 3.62. The Labute approximate surface area is 110 Å². The van der Waals surface area contributed by atoms with Crippen LogP contribution in [0.25, 0.3) is 0 Å². The van der Waals surface area contributed by atoms with E-state index in [0.717, 1.165) is 11.3 Å². The van der Waals surface area contributed by atoms with Crippen LogP contribution < -0.4 is 15.8 Å². The highest BCUT2D eigenvalue weighted by molar-refractivity contribution is 6.02. The fourth-order valence-corrected chi connectivity index (χ4v) is 1.93. The fourth-order valence-electron chi connectivity index (χ4n) is 1.93. The first kappa shape index (κ1) is 13.2. The lowest BCUT2D eigenvalue weighted by Gasteiger charge is -2.22. The number of hydrogen-bond donors (Lipinski definition) is 2. The van der Waals surface area contributed by atoms with Crippen molar-refractivity contribution in [1.29, 1.82) is 0 Å².